The molecule has 0 bridgehead atoms. The number of nitrogens with one attached hydrogen (secondary N) is 1. The minimum Gasteiger partial charge on any atom is -0.478 e. The van der Waals surface area contributed by atoms with Crippen LogP contribution in [0.1, 0.15) is 44.0 Å². The summed E-state index contributed by atoms with van der Waals surface area (Å²) in [6.45, 7) is 0.915. The van der Waals surface area contributed by atoms with Crippen molar-refractivity contribution in [3.05, 3.63) is 57.4 Å². The number of H-pyrrole nitrogens is 1. The van der Waals surface area contributed by atoms with Gasteiger partial charge in [-0.25, -0.2) is 4.79 Å². The standard InChI is InChI=1S/C19H19N3O7/c1-28-19(25)12-4-5-17(15(9-12)22(26)27)29-11-16(23)13-8-14(20-10-13)18(24)21-6-2-3-7-21/h4-5,8-10,20H,2-3,6-7,11H2,1H3. The average molecular weight is 401 g/mol. The molecule has 0 atom stereocenters. The van der Waals surface area contributed by atoms with Gasteiger partial charge in [-0.3, -0.25) is 19.7 Å². The van der Waals surface area contributed by atoms with E-state index in [4.69, 9.17) is 4.74 Å². The van der Waals surface area contributed by atoms with Gasteiger partial charge in [0.05, 0.1) is 17.6 Å². The number of nitro groups is 1. The number of amides is 1. The van der Waals surface area contributed by atoms with Crippen molar-refractivity contribution in [2.75, 3.05) is 26.8 Å². The third-order valence-electron chi connectivity index (χ3n) is 4.56. The summed E-state index contributed by atoms with van der Waals surface area (Å²) in [6, 6.07) is 5.01. The molecule has 152 valence electrons. The summed E-state index contributed by atoms with van der Waals surface area (Å²) in [7, 11) is 1.16. The van der Waals surface area contributed by atoms with E-state index in [2.05, 4.69) is 9.72 Å². The number of methoxy groups -OCH3 is 1. The number of carbonyl (C=O) groups is 3. The molecule has 0 unspecified atom stereocenters. The summed E-state index contributed by atoms with van der Waals surface area (Å²) in [6.07, 6.45) is 3.32. The summed E-state index contributed by atoms with van der Waals surface area (Å²) in [5.41, 5.74) is 0.0817. The Morgan fingerprint density at radius 3 is 2.55 bits per heavy atom. The average Bonchev–Trinajstić information content (AvgIpc) is 3.43. The zero-order valence-electron chi connectivity index (χ0n) is 15.7. The van der Waals surface area contributed by atoms with Gasteiger partial charge in [0.15, 0.2) is 12.4 Å². The van der Waals surface area contributed by atoms with E-state index in [0.29, 0.717) is 18.8 Å². The molecule has 1 aliphatic heterocycles. The summed E-state index contributed by atoms with van der Waals surface area (Å²) in [5.74, 6) is -1.50. The minimum atomic E-state index is -0.724. The maximum absolute atomic E-state index is 12.4. The quantitative estimate of drug-likeness (QED) is 0.325. The van der Waals surface area contributed by atoms with Crippen LogP contribution < -0.4 is 4.74 Å². The maximum Gasteiger partial charge on any atom is 0.338 e. The Morgan fingerprint density at radius 2 is 1.90 bits per heavy atom. The molecule has 0 spiro atoms. The van der Waals surface area contributed by atoms with Crippen LogP contribution in [0.2, 0.25) is 0 Å². The fourth-order valence-electron chi connectivity index (χ4n) is 3.02. The molecule has 0 aliphatic carbocycles. The Morgan fingerprint density at radius 1 is 1.17 bits per heavy atom. The van der Waals surface area contributed by atoms with E-state index in [1.54, 1.807) is 4.90 Å². The number of likely N-dealkylation sites (tertiary alicyclic amines) is 1. The summed E-state index contributed by atoms with van der Waals surface area (Å²) >= 11 is 0. The monoisotopic (exact) mass is 401 g/mol. The van der Waals surface area contributed by atoms with Crippen molar-refractivity contribution < 1.29 is 28.8 Å². The van der Waals surface area contributed by atoms with Crippen molar-refractivity contribution in [2.45, 2.75) is 12.8 Å². The van der Waals surface area contributed by atoms with Crippen LogP contribution >= 0.6 is 0 Å². The van der Waals surface area contributed by atoms with Gasteiger partial charge in [0.25, 0.3) is 5.91 Å². The number of carbonyl (C=O) groups excluding carboxylic acids is 3. The lowest BCUT2D eigenvalue weighted by Crippen LogP contribution is -2.27. The Labute approximate surface area is 165 Å². The van der Waals surface area contributed by atoms with Crippen molar-refractivity contribution in [3.8, 4) is 5.75 Å². The molecule has 1 fully saturated rings. The number of benzene rings is 1. The highest BCUT2D eigenvalue weighted by Crippen LogP contribution is 2.28. The molecule has 10 heteroatoms. The lowest BCUT2D eigenvalue weighted by Gasteiger charge is -2.13. The van der Waals surface area contributed by atoms with Gasteiger partial charge < -0.3 is 19.4 Å². The summed E-state index contributed by atoms with van der Waals surface area (Å²) in [5, 5.41) is 11.2. The number of nitro benzene ring substituents is 1. The second-order valence-corrected chi connectivity index (χ2v) is 6.44. The smallest absolute Gasteiger partial charge is 0.338 e. The number of nitrogens with zero attached hydrogens (tertiary/aromatic N) is 2. The second kappa shape index (κ2) is 8.55. The number of Topliss-reactive ketones (excluding diaryl/α,β-unsaturated/α-hetero) is 1. The normalized spacial score (nSPS) is 13.2. The first-order valence-electron chi connectivity index (χ1n) is 8.91. The number of rotatable bonds is 7. The highest BCUT2D eigenvalue weighted by molar-refractivity contribution is 6.01. The van der Waals surface area contributed by atoms with Crippen molar-refractivity contribution in [3.63, 3.8) is 0 Å². The molecule has 2 heterocycles. The molecule has 0 saturated carbocycles. The molecule has 10 nitrogen and oxygen atoms in total. The predicted octanol–water partition coefficient (Wildman–Crippen LogP) is 2.21. The number of ether oxygens (including phenoxy) is 2. The Kier molecular flexibility index (Phi) is 5.91. The molecule has 2 aromatic rings. The fourth-order valence-corrected chi connectivity index (χ4v) is 3.02. The van der Waals surface area contributed by atoms with Gasteiger partial charge in [0, 0.05) is 30.9 Å². The highest BCUT2D eigenvalue weighted by Gasteiger charge is 2.23. The Balaban J connectivity index is 1.68. The third kappa shape index (κ3) is 4.42. The number of hydrogen-bond donors (Lipinski definition) is 1. The van der Waals surface area contributed by atoms with Crippen molar-refractivity contribution in [1.82, 2.24) is 9.88 Å². The van der Waals surface area contributed by atoms with Gasteiger partial charge in [-0.15, -0.1) is 0 Å². The Bertz CT molecular complexity index is 960. The summed E-state index contributed by atoms with van der Waals surface area (Å²) < 4.78 is 9.83. The molecule has 1 aromatic heterocycles. The van der Waals surface area contributed by atoms with E-state index in [9.17, 15) is 24.5 Å². The topological polar surface area (TPSA) is 132 Å². The van der Waals surface area contributed by atoms with E-state index in [-0.39, 0.29) is 22.8 Å². The van der Waals surface area contributed by atoms with Gasteiger partial charge in [-0.1, -0.05) is 0 Å². The van der Waals surface area contributed by atoms with Gasteiger partial charge in [0.1, 0.15) is 5.69 Å². The maximum atomic E-state index is 12.4. The molecular formula is C19H19N3O7. The van der Waals surface area contributed by atoms with Crippen molar-refractivity contribution in [2.24, 2.45) is 0 Å². The SMILES string of the molecule is COC(=O)c1ccc(OCC(=O)c2c[nH]c(C(=O)N3CCCC3)c2)c([N+](=O)[O-])c1. The fraction of sp³-hybridized carbons (Fsp3) is 0.316. The number of ketones is 1. The first-order valence-corrected chi connectivity index (χ1v) is 8.91. The van der Waals surface area contributed by atoms with Crippen LogP contribution in [0, 0.1) is 10.1 Å². The van der Waals surface area contributed by atoms with Crippen molar-refractivity contribution >= 4 is 23.3 Å². The lowest BCUT2D eigenvalue weighted by atomic mass is 10.2. The first kappa shape index (κ1) is 20.1. The van der Waals surface area contributed by atoms with E-state index >= 15 is 0 Å². The van der Waals surface area contributed by atoms with Gasteiger partial charge in [-0.2, -0.15) is 0 Å². The summed E-state index contributed by atoms with van der Waals surface area (Å²) in [4.78, 5) is 51.3. The number of esters is 1. The molecule has 0 radical (unpaired) electrons. The van der Waals surface area contributed by atoms with Crippen LogP contribution in [0.4, 0.5) is 5.69 Å². The number of aromatic amines is 1. The molecule has 1 amide bonds. The van der Waals surface area contributed by atoms with Crippen LogP contribution in [0.5, 0.6) is 5.75 Å². The van der Waals surface area contributed by atoms with Crippen LogP contribution in [0.3, 0.4) is 0 Å². The predicted molar refractivity (Wildman–Crippen MR) is 100 cm³/mol. The lowest BCUT2D eigenvalue weighted by molar-refractivity contribution is -0.385. The third-order valence-corrected chi connectivity index (χ3v) is 4.56. The minimum absolute atomic E-state index is 0.00595. The van der Waals surface area contributed by atoms with Crippen LogP contribution in [-0.4, -0.2) is 59.3 Å². The largest absolute Gasteiger partial charge is 0.478 e. The van der Waals surface area contributed by atoms with E-state index < -0.39 is 29.0 Å². The van der Waals surface area contributed by atoms with Crippen LogP contribution in [0.15, 0.2) is 30.5 Å². The first-order chi connectivity index (χ1) is 13.9. The zero-order valence-corrected chi connectivity index (χ0v) is 15.7. The van der Waals surface area contributed by atoms with Gasteiger partial charge >= 0.3 is 11.7 Å². The molecule has 3 rings (SSSR count). The van der Waals surface area contributed by atoms with Gasteiger partial charge in [0.2, 0.25) is 5.78 Å². The molecule has 1 saturated heterocycles. The van der Waals surface area contributed by atoms with E-state index in [1.807, 2.05) is 0 Å². The molecule has 1 aliphatic rings. The molecule has 29 heavy (non-hydrogen) atoms. The molecule has 1 N–H and O–H groups in total. The molecule has 1 aromatic carbocycles. The Hall–Kier alpha value is -3.69. The van der Waals surface area contributed by atoms with E-state index in [1.165, 1.54) is 24.4 Å². The second-order valence-electron chi connectivity index (χ2n) is 6.44. The van der Waals surface area contributed by atoms with Gasteiger partial charge in [-0.05, 0) is 31.0 Å². The van der Waals surface area contributed by atoms with E-state index in [0.717, 1.165) is 26.0 Å². The van der Waals surface area contributed by atoms with Crippen molar-refractivity contribution in [1.29, 1.82) is 0 Å². The van der Waals surface area contributed by atoms with Crippen LogP contribution in [0.25, 0.3) is 0 Å². The molecular weight excluding hydrogens is 382 g/mol. The number of hydrogen-bond acceptors (Lipinski definition) is 7. The van der Waals surface area contributed by atoms with Crippen LogP contribution in [-0.2, 0) is 4.74 Å². The zero-order chi connectivity index (χ0) is 21.0. The highest BCUT2D eigenvalue weighted by atomic mass is 16.6. The number of aromatic nitrogens is 1.